The van der Waals surface area contributed by atoms with Gasteiger partial charge in [0.15, 0.2) is 11.0 Å². The minimum atomic E-state index is -0.273. The first-order chi connectivity index (χ1) is 13.2. The van der Waals surface area contributed by atoms with Crippen LogP contribution in [0.3, 0.4) is 0 Å². The van der Waals surface area contributed by atoms with Crippen LogP contribution in [0.15, 0.2) is 59.8 Å². The molecule has 1 heterocycles. The van der Waals surface area contributed by atoms with Gasteiger partial charge >= 0.3 is 0 Å². The van der Waals surface area contributed by atoms with E-state index in [1.165, 1.54) is 23.9 Å². The van der Waals surface area contributed by atoms with Crippen molar-refractivity contribution in [3.05, 3.63) is 66.2 Å². The van der Waals surface area contributed by atoms with E-state index in [0.29, 0.717) is 18.2 Å². The lowest BCUT2D eigenvalue weighted by Gasteiger charge is -2.09. The van der Waals surface area contributed by atoms with Gasteiger partial charge in [-0.1, -0.05) is 30.0 Å². The zero-order valence-corrected chi connectivity index (χ0v) is 15.7. The maximum Gasteiger partial charge on any atom is 0.234 e. The second kappa shape index (κ2) is 9.18. The van der Waals surface area contributed by atoms with Gasteiger partial charge in [-0.3, -0.25) is 4.79 Å². The zero-order valence-electron chi connectivity index (χ0n) is 14.9. The minimum Gasteiger partial charge on any atom is -0.378 e. The first-order valence-corrected chi connectivity index (χ1v) is 9.53. The van der Waals surface area contributed by atoms with Crippen molar-refractivity contribution in [1.29, 1.82) is 0 Å². The molecule has 3 aromatic rings. The SMILES string of the molecule is CCn1c(CNc2ccc(F)cc2)nnc1SCC(=O)Nc1ccccc1. The number of thioether (sulfide) groups is 1. The Labute approximate surface area is 161 Å². The van der Waals surface area contributed by atoms with Crippen molar-refractivity contribution in [3.8, 4) is 0 Å². The molecule has 0 fully saturated rings. The van der Waals surface area contributed by atoms with Crippen LogP contribution in [0.25, 0.3) is 0 Å². The van der Waals surface area contributed by atoms with Crippen LogP contribution >= 0.6 is 11.8 Å². The summed E-state index contributed by atoms with van der Waals surface area (Å²) in [5.41, 5.74) is 1.57. The van der Waals surface area contributed by atoms with Crippen LogP contribution in [-0.4, -0.2) is 26.4 Å². The fraction of sp³-hybridized carbons (Fsp3) is 0.211. The highest BCUT2D eigenvalue weighted by atomic mass is 32.2. The number of nitrogens with one attached hydrogen (secondary N) is 2. The summed E-state index contributed by atoms with van der Waals surface area (Å²) in [6, 6.07) is 15.5. The molecule has 0 aliphatic heterocycles. The smallest absolute Gasteiger partial charge is 0.234 e. The van der Waals surface area contributed by atoms with Gasteiger partial charge in [-0.25, -0.2) is 4.39 Å². The van der Waals surface area contributed by atoms with Crippen LogP contribution in [0.4, 0.5) is 15.8 Å². The van der Waals surface area contributed by atoms with Gasteiger partial charge in [-0.15, -0.1) is 10.2 Å². The molecule has 0 aliphatic rings. The van der Waals surface area contributed by atoms with Crippen LogP contribution in [0.2, 0.25) is 0 Å². The molecule has 1 aromatic heterocycles. The van der Waals surface area contributed by atoms with Crippen LogP contribution in [0, 0.1) is 5.82 Å². The van der Waals surface area contributed by atoms with Gasteiger partial charge < -0.3 is 15.2 Å². The molecule has 2 aromatic carbocycles. The van der Waals surface area contributed by atoms with Crippen molar-refractivity contribution in [2.24, 2.45) is 0 Å². The lowest BCUT2D eigenvalue weighted by Crippen LogP contribution is -2.15. The largest absolute Gasteiger partial charge is 0.378 e. The zero-order chi connectivity index (χ0) is 19.1. The number of hydrogen-bond donors (Lipinski definition) is 2. The van der Waals surface area contributed by atoms with Crippen LogP contribution in [0.1, 0.15) is 12.7 Å². The Balaban J connectivity index is 1.56. The highest BCUT2D eigenvalue weighted by Crippen LogP contribution is 2.18. The van der Waals surface area contributed by atoms with E-state index in [0.717, 1.165) is 17.2 Å². The highest BCUT2D eigenvalue weighted by Gasteiger charge is 2.13. The minimum absolute atomic E-state index is 0.0946. The number of nitrogens with zero attached hydrogens (tertiary/aromatic N) is 3. The van der Waals surface area contributed by atoms with E-state index in [-0.39, 0.29) is 17.5 Å². The number of benzene rings is 2. The molecule has 0 aliphatic carbocycles. The Morgan fingerprint density at radius 2 is 1.81 bits per heavy atom. The van der Waals surface area contributed by atoms with Crippen LogP contribution in [-0.2, 0) is 17.9 Å². The molecule has 6 nitrogen and oxygen atoms in total. The third-order valence-corrected chi connectivity index (χ3v) is 4.76. The summed E-state index contributed by atoms with van der Waals surface area (Å²) in [5, 5.41) is 15.1. The standard InChI is InChI=1S/C19H20FN5OS/c1-2-25-17(12-21-15-10-8-14(20)9-11-15)23-24-19(25)27-13-18(26)22-16-6-4-3-5-7-16/h3-11,21H,2,12-13H2,1H3,(H,22,26). The molecule has 1 amide bonds. The van der Waals surface area contributed by atoms with Gasteiger partial charge in [0.2, 0.25) is 5.91 Å². The number of anilines is 2. The maximum absolute atomic E-state index is 13.0. The van der Waals surface area contributed by atoms with Crippen molar-refractivity contribution in [1.82, 2.24) is 14.8 Å². The summed E-state index contributed by atoms with van der Waals surface area (Å²) in [5.74, 6) is 0.638. The Hall–Kier alpha value is -2.87. The first kappa shape index (κ1) is 18.9. The molecule has 2 N–H and O–H groups in total. The summed E-state index contributed by atoms with van der Waals surface area (Å²) in [4.78, 5) is 12.1. The average Bonchev–Trinajstić information content (AvgIpc) is 3.08. The quantitative estimate of drug-likeness (QED) is 0.578. The third kappa shape index (κ3) is 5.30. The molecule has 0 saturated heterocycles. The number of amides is 1. The molecule has 0 bridgehead atoms. The molecule has 0 saturated carbocycles. The predicted octanol–water partition coefficient (Wildman–Crippen LogP) is 3.78. The van der Waals surface area contributed by atoms with E-state index in [2.05, 4.69) is 20.8 Å². The number of carbonyl (C=O) groups excluding carboxylic acids is 1. The van der Waals surface area contributed by atoms with E-state index in [9.17, 15) is 9.18 Å². The van der Waals surface area contributed by atoms with Gasteiger partial charge in [-0.2, -0.15) is 0 Å². The summed E-state index contributed by atoms with van der Waals surface area (Å²) < 4.78 is 14.9. The summed E-state index contributed by atoms with van der Waals surface area (Å²) in [6.07, 6.45) is 0. The van der Waals surface area contributed by atoms with Crippen molar-refractivity contribution in [2.75, 3.05) is 16.4 Å². The van der Waals surface area contributed by atoms with Gasteiger partial charge in [0.05, 0.1) is 12.3 Å². The molecule has 0 spiro atoms. The van der Waals surface area contributed by atoms with E-state index in [4.69, 9.17) is 0 Å². The van der Waals surface area contributed by atoms with Gasteiger partial charge in [0, 0.05) is 17.9 Å². The molecule has 3 rings (SSSR count). The van der Waals surface area contributed by atoms with Gasteiger partial charge in [0.1, 0.15) is 5.82 Å². The third-order valence-electron chi connectivity index (χ3n) is 3.79. The number of aromatic nitrogens is 3. The Bertz CT molecular complexity index is 883. The Kier molecular flexibility index (Phi) is 6.43. The molecular formula is C19H20FN5OS. The van der Waals surface area contributed by atoms with Crippen LogP contribution in [0.5, 0.6) is 0 Å². The maximum atomic E-state index is 13.0. The monoisotopic (exact) mass is 385 g/mol. The van der Waals surface area contributed by atoms with E-state index in [1.807, 2.05) is 41.8 Å². The molecule has 0 radical (unpaired) electrons. The fourth-order valence-electron chi connectivity index (χ4n) is 2.47. The Morgan fingerprint density at radius 1 is 1.07 bits per heavy atom. The van der Waals surface area contributed by atoms with Gasteiger partial charge in [0.25, 0.3) is 0 Å². The molecule has 8 heteroatoms. The molecule has 140 valence electrons. The van der Waals surface area contributed by atoms with E-state index >= 15 is 0 Å². The first-order valence-electron chi connectivity index (χ1n) is 8.55. The van der Waals surface area contributed by atoms with Crippen molar-refractivity contribution >= 4 is 29.0 Å². The van der Waals surface area contributed by atoms with E-state index < -0.39 is 0 Å². The summed E-state index contributed by atoms with van der Waals surface area (Å²) >= 11 is 1.34. The topological polar surface area (TPSA) is 71.8 Å². The van der Waals surface area contributed by atoms with E-state index in [1.54, 1.807) is 12.1 Å². The summed E-state index contributed by atoms with van der Waals surface area (Å²) in [7, 11) is 0. The summed E-state index contributed by atoms with van der Waals surface area (Å²) in [6.45, 7) is 3.15. The molecule has 0 unspecified atom stereocenters. The van der Waals surface area contributed by atoms with Crippen molar-refractivity contribution in [2.45, 2.75) is 25.2 Å². The number of hydrogen-bond acceptors (Lipinski definition) is 5. The van der Waals surface area contributed by atoms with Crippen molar-refractivity contribution < 1.29 is 9.18 Å². The van der Waals surface area contributed by atoms with Gasteiger partial charge in [-0.05, 0) is 43.3 Å². The van der Waals surface area contributed by atoms with Crippen LogP contribution < -0.4 is 10.6 Å². The van der Waals surface area contributed by atoms with Crippen molar-refractivity contribution in [3.63, 3.8) is 0 Å². The predicted molar refractivity (Wildman–Crippen MR) is 105 cm³/mol. The lowest BCUT2D eigenvalue weighted by molar-refractivity contribution is -0.113. The number of para-hydroxylation sites is 1. The molecule has 27 heavy (non-hydrogen) atoms. The number of halogens is 1. The second-order valence-electron chi connectivity index (χ2n) is 5.71. The second-order valence-corrected chi connectivity index (χ2v) is 6.65. The number of carbonyl (C=O) groups is 1. The highest BCUT2D eigenvalue weighted by molar-refractivity contribution is 7.99. The fourth-order valence-corrected chi connectivity index (χ4v) is 3.29. The number of rotatable bonds is 8. The molecule has 0 atom stereocenters. The molecular weight excluding hydrogens is 365 g/mol. The average molecular weight is 385 g/mol. The lowest BCUT2D eigenvalue weighted by atomic mass is 10.3. The normalized spacial score (nSPS) is 10.6. The Morgan fingerprint density at radius 3 is 2.52 bits per heavy atom.